The number of amides is 1. The molecule has 0 N–H and O–H groups in total. The molecule has 2 aromatic heterocycles. The van der Waals surface area contributed by atoms with Crippen LogP contribution in [0.1, 0.15) is 58.3 Å². The number of ether oxygens (including phenoxy) is 2. The van der Waals surface area contributed by atoms with Crippen molar-refractivity contribution in [3.8, 4) is 11.5 Å². The van der Waals surface area contributed by atoms with Gasteiger partial charge in [0.15, 0.2) is 5.82 Å². The number of carbonyl (C=O) groups excluding carboxylic acids is 1. The third kappa shape index (κ3) is 3.97. The average molecular weight is 440 g/mol. The Labute approximate surface area is 186 Å². The second-order valence-corrected chi connectivity index (χ2v) is 9.76. The van der Waals surface area contributed by atoms with Gasteiger partial charge < -0.3 is 18.9 Å². The van der Waals surface area contributed by atoms with Crippen LogP contribution in [0.5, 0.6) is 0 Å². The van der Waals surface area contributed by atoms with Gasteiger partial charge in [-0.2, -0.15) is 10.1 Å². The molecule has 0 bridgehead atoms. The summed E-state index contributed by atoms with van der Waals surface area (Å²) in [6.45, 7) is 9.67. The standard InChI is InChI=1S/C23H29N5O4/c1-14-9-15(7-8-27(14)22(29)31-23(2,3)4)20-25-21(32-26-20)16-5-6-17-11-24-28(19(17)10-16)18-12-30-13-18/h5-6,10-11,14-15,18H,7-9,12-13H2,1-4H3/t14-,15+/m1/s1. The summed E-state index contributed by atoms with van der Waals surface area (Å²) >= 11 is 0. The summed E-state index contributed by atoms with van der Waals surface area (Å²) < 4.78 is 18.5. The number of hydrogen-bond donors (Lipinski definition) is 0. The quantitative estimate of drug-likeness (QED) is 0.605. The summed E-state index contributed by atoms with van der Waals surface area (Å²) in [6, 6.07) is 6.37. The largest absolute Gasteiger partial charge is 0.444 e. The lowest BCUT2D eigenvalue weighted by molar-refractivity contribution is -0.0266. The number of fused-ring (bicyclic) bond motifs is 1. The second-order valence-electron chi connectivity index (χ2n) is 9.76. The Bertz CT molecular complexity index is 1130. The van der Waals surface area contributed by atoms with Gasteiger partial charge in [-0.05, 0) is 52.7 Å². The molecule has 2 atom stereocenters. The fourth-order valence-corrected chi connectivity index (χ4v) is 4.34. The molecule has 9 heteroatoms. The molecule has 5 rings (SSSR count). The van der Waals surface area contributed by atoms with E-state index >= 15 is 0 Å². The molecule has 2 aliphatic heterocycles. The van der Waals surface area contributed by atoms with Crippen LogP contribution in [0.4, 0.5) is 4.79 Å². The van der Waals surface area contributed by atoms with E-state index in [-0.39, 0.29) is 24.1 Å². The van der Waals surface area contributed by atoms with Gasteiger partial charge in [0.1, 0.15) is 5.60 Å². The van der Waals surface area contributed by atoms with E-state index in [4.69, 9.17) is 19.0 Å². The number of likely N-dealkylation sites (tertiary alicyclic amines) is 1. The van der Waals surface area contributed by atoms with Gasteiger partial charge in [0.25, 0.3) is 5.89 Å². The summed E-state index contributed by atoms with van der Waals surface area (Å²) in [5, 5.41) is 9.85. The molecule has 170 valence electrons. The molecule has 2 aliphatic rings. The first-order valence-corrected chi connectivity index (χ1v) is 11.2. The number of benzene rings is 1. The third-order valence-electron chi connectivity index (χ3n) is 6.12. The van der Waals surface area contributed by atoms with Crippen LogP contribution in [0, 0.1) is 0 Å². The molecule has 9 nitrogen and oxygen atoms in total. The molecule has 1 amide bonds. The van der Waals surface area contributed by atoms with Gasteiger partial charge in [-0.1, -0.05) is 11.2 Å². The van der Waals surface area contributed by atoms with Crippen molar-refractivity contribution in [3.63, 3.8) is 0 Å². The zero-order valence-electron chi connectivity index (χ0n) is 18.9. The Hall–Kier alpha value is -2.94. The van der Waals surface area contributed by atoms with Crippen molar-refractivity contribution < 1.29 is 18.8 Å². The second kappa shape index (κ2) is 7.88. The maximum atomic E-state index is 12.5. The Kier molecular flexibility index (Phi) is 5.16. The van der Waals surface area contributed by atoms with Crippen molar-refractivity contribution in [3.05, 3.63) is 30.2 Å². The Morgan fingerprint density at radius 1 is 1.25 bits per heavy atom. The maximum absolute atomic E-state index is 12.5. The zero-order valence-corrected chi connectivity index (χ0v) is 18.9. The van der Waals surface area contributed by atoms with E-state index in [1.165, 1.54) is 0 Å². The first-order chi connectivity index (χ1) is 15.3. The van der Waals surface area contributed by atoms with Crippen LogP contribution < -0.4 is 0 Å². The van der Waals surface area contributed by atoms with Crippen molar-refractivity contribution in [1.82, 2.24) is 24.8 Å². The van der Waals surface area contributed by atoms with Crippen LogP contribution >= 0.6 is 0 Å². The van der Waals surface area contributed by atoms with Crippen molar-refractivity contribution in [2.24, 2.45) is 0 Å². The van der Waals surface area contributed by atoms with E-state index in [0.29, 0.717) is 31.5 Å². The van der Waals surface area contributed by atoms with Crippen LogP contribution in [-0.2, 0) is 9.47 Å². The predicted octanol–water partition coefficient (Wildman–Crippen LogP) is 4.16. The van der Waals surface area contributed by atoms with Crippen LogP contribution in [0.25, 0.3) is 22.4 Å². The molecule has 0 saturated carbocycles. The number of rotatable bonds is 3. The van der Waals surface area contributed by atoms with E-state index in [0.717, 1.165) is 29.3 Å². The number of carbonyl (C=O) groups is 1. The molecule has 2 fully saturated rings. The number of piperidine rings is 1. The first-order valence-electron chi connectivity index (χ1n) is 11.2. The van der Waals surface area contributed by atoms with Gasteiger partial charge in [-0.3, -0.25) is 4.68 Å². The van der Waals surface area contributed by atoms with Crippen molar-refractivity contribution in [2.75, 3.05) is 19.8 Å². The molecular weight excluding hydrogens is 410 g/mol. The molecule has 1 aromatic carbocycles. The molecule has 2 saturated heterocycles. The fourth-order valence-electron chi connectivity index (χ4n) is 4.34. The van der Waals surface area contributed by atoms with E-state index in [2.05, 4.69) is 10.3 Å². The van der Waals surface area contributed by atoms with Crippen molar-refractivity contribution >= 4 is 17.0 Å². The summed E-state index contributed by atoms with van der Waals surface area (Å²) in [4.78, 5) is 19.0. The van der Waals surface area contributed by atoms with Gasteiger partial charge in [0.2, 0.25) is 0 Å². The van der Waals surface area contributed by atoms with E-state index < -0.39 is 5.60 Å². The van der Waals surface area contributed by atoms with Crippen molar-refractivity contribution in [2.45, 2.75) is 64.1 Å². The molecule has 4 heterocycles. The highest BCUT2D eigenvalue weighted by atomic mass is 16.6. The summed E-state index contributed by atoms with van der Waals surface area (Å²) in [6.07, 6.45) is 3.15. The molecule has 3 aromatic rings. The number of hydrogen-bond acceptors (Lipinski definition) is 7. The third-order valence-corrected chi connectivity index (χ3v) is 6.12. The fraction of sp³-hybridized carbons (Fsp3) is 0.565. The Morgan fingerprint density at radius 2 is 2.06 bits per heavy atom. The molecule has 0 spiro atoms. The minimum atomic E-state index is -0.502. The predicted molar refractivity (Wildman–Crippen MR) is 117 cm³/mol. The first kappa shape index (κ1) is 20.9. The number of nitrogens with zero attached hydrogens (tertiary/aromatic N) is 5. The monoisotopic (exact) mass is 439 g/mol. The summed E-state index contributed by atoms with van der Waals surface area (Å²) in [5.41, 5.74) is 1.41. The van der Waals surface area contributed by atoms with Crippen LogP contribution in [0.3, 0.4) is 0 Å². The summed E-state index contributed by atoms with van der Waals surface area (Å²) in [5.74, 6) is 1.33. The minimum absolute atomic E-state index is 0.0425. The zero-order chi connectivity index (χ0) is 22.5. The lowest BCUT2D eigenvalue weighted by atomic mass is 9.91. The van der Waals surface area contributed by atoms with E-state index in [1.807, 2.05) is 56.8 Å². The normalized spacial score (nSPS) is 22.2. The molecule has 0 radical (unpaired) electrons. The number of aromatic nitrogens is 4. The molecule has 32 heavy (non-hydrogen) atoms. The van der Waals surface area contributed by atoms with Crippen LogP contribution in [-0.4, -0.2) is 62.3 Å². The van der Waals surface area contributed by atoms with Crippen molar-refractivity contribution in [1.29, 1.82) is 0 Å². The molecular formula is C23H29N5O4. The highest BCUT2D eigenvalue weighted by Gasteiger charge is 2.34. The van der Waals surface area contributed by atoms with Gasteiger partial charge in [0.05, 0.1) is 31.0 Å². The topological polar surface area (TPSA) is 95.5 Å². The van der Waals surface area contributed by atoms with Gasteiger partial charge in [-0.15, -0.1) is 0 Å². The Morgan fingerprint density at radius 3 is 2.75 bits per heavy atom. The summed E-state index contributed by atoms with van der Waals surface area (Å²) in [7, 11) is 0. The lowest BCUT2D eigenvalue weighted by Crippen LogP contribution is -2.46. The Balaban J connectivity index is 1.31. The van der Waals surface area contributed by atoms with Crippen LogP contribution in [0.15, 0.2) is 28.9 Å². The van der Waals surface area contributed by atoms with Gasteiger partial charge in [-0.25, -0.2) is 4.79 Å². The van der Waals surface area contributed by atoms with E-state index in [9.17, 15) is 4.79 Å². The lowest BCUT2D eigenvalue weighted by Gasteiger charge is -2.37. The SMILES string of the molecule is C[C@@H]1C[C@@H](c2noc(-c3ccc4cnn(C5COC5)c4c3)n2)CCN1C(=O)OC(C)(C)C. The highest BCUT2D eigenvalue weighted by molar-refractivity contribution is 5.83. The van der Waals surface area contributed by atoms with Gasteiger partial charge >= 0.3 is 6.09 Å². The highest BCUT2D eigenvalue weighted by Crippen LogP contribution is 2.33. The van der Waals surface area contributed by atoms with Crippen LogP contribution in [0.2, 0.25) is 0 Å². The molecule has 0 aliphatic carbocycles. The smallest absolute Gasteiger partial charge is 0.410 e. The maximum Gasteiger partial charge on any atom is 0.410 e. The van der Waals surface area contributed by atoms with E-state index in [1.54, 1.807) is 4.90 Å². The van der Waals surface area contributed by atoms with Gasteiger partial charge in [0, 0.05) is 29.5 Å². The molecule has 0 unspecified atom stereocenters. The minimum Gasteiger partial charge on any atom is -0.444 e. The average Bonchev–Trinajstić information content (AvgIpc) is 3.33.